The number of hydrogen-bond donors (Lipinski definition) is 2. The molecule has 2 heteroatoms. The third kappa shape index (κ3) is 3.88. The van der Waals surface area contributed by atoms with Gasteiger partial charge in [-0.1, -0.05) is 12.2 Å². The van der Waals surface area contributed by atoms with Gasteiger partial charge in [-0.2, -0.15) is 0 Å². The van der Waals surface area contributed by atoms with Crippen molar-refractivity contribution in [1.82, 2.24) is 10.6 Å². The quantitative estimate of drug-likeness (QED) is 0.488. The van der Waals surface area contributed by atoms with E-state index in [1.807, 2.05) is 0 Å². The third-order valence-corrected chi connectivity index (χ3v) is 2.28. The van der Waals surface area contributed by atoms with Gasteiger partial charge in [0.15, 0.2) is 0 Å². The fraction of sp³-hybridized carbons (Fsp3) is 0.800. The predicted octanol–water partition coefficient (Wildman–Crippen LogP) is 1.29. The van der Waals surface area contributed by atoms with E-state index in [0.29, 0.717) is 6.04 Å². The van der Waals surface area contributed by atoms with Crippen LogP contribution in [0.25, 0.3) is 0 Å². The molecule has 2 nitrogen and oxygen atoms in total. The summed E-state index contributed by atoms with van der Waals surface area (Å²) in [6.07, 6.45) is 8.14. The molecule has 1 fully saturated rings. The van der Waals surface area contributed by atoms with E-state index >= 15 is 0 Å². The minimum Gasteiger partial charge on any atom is -0.315 e. The Morgan fingerprint density at radius 3 is 3.17 bits per heavy atom. The van der Waals surface area contributed by atoms with E-state index < -0.39 is 0 Å². The van der Waals surface area contributed by atoms with Crippen LogP contribution in [-0.2, 0) is 0 Å². The van der Waals surface area contributed by atoms with E-state index in [-0.39, 0.29) is 0 Å². The maximum absolute atomic E-state index is 3.54. The summed E-state index contributed by atoms with van der Waals surface area (Å²) in [6, 6.07) is 0.712. The Morgan fingerprint density at radius 1 is 1.58 bits per heavy atom. The standard InChI is InChI=1S/C10H20N2/c1-2-3-4-8-12-10-6-5-7-11-9-10/h2-3,10-12H,4-9H2,1H3/b3-2+. The molecule has 1 aliphatic heterocycles. The van der Waals surface area contributed by atoms with Crippen molar-refractivity contribution in [3.05, 3.63) is 12.2 Å². The Hall–Kier alpha value is -0.340. The first-order valence-corrected chi connectivity index (χ1v) is 4.98. The van der Waals surface area contributed by atoms with Crippen molar-refractivity contribution in [3.63, 3.8) is 0 Å². The van der Waals surface area contributed by atoms with Crippen LogP contribution < -0.4 is 10.6 Å². The molecule has 2 N–H and O–H groups in total. The van der Waals surface area contributed by atoms with Crippen LogP contribution >= 0.6 is 0 Å². The maximum Gasteiger partial charge on any atom is 0.0193 e. The fourth-order valence-electron chi connectivity index (χ4n) is 1.56. The first-order valence-electron chi connectivity index (χ1n) is 4.98. The van der Waals surface area contributed by atoms with E-state index in [4.69, 9.17) is 0 Å². The second-order valence-corrected chi connectivity index (χ2v) is 3.36. The Kier molecular flexibility index (Phi) is 5.04. The van der Waals surface area contributed by atoms with Gasteiger partial charge in [-0.15, -0.1) is 0 Å². The molecule has 1 heterocycles. The van der Waals surface area contributed by atoms with E-state index in [1.165, 1.54) is 19.4 Å². The number of nitrogens with one attached hydrogen (secondary N) is 2. The summed E-state index contributed by atoms with van der Waals surface area (Å²) in [7, 11) is 0. The second-order valence-electron chi connectivity index (χ2n) is 3.36. The first kappa shape index (κ1) is 9.75. The highest BCUT2D eigenvalue weighted by Gasteiger charge is 2.10. The zero-order valence-corrected chi connectivity index (χ0v) is 7.97. The van der Waals surface area contributed by atoms with Gasteiger partial charge in [0.1, 0.15) is 0 Å². The highest BCUT2D eigenvalue weighted by Crippen LogP contribution is 2.00. The molecule has 1 atom stereocenters. The minimum atomic E-state index is 0.712. The van der Waals surface area contributed by atoms with Gasteiger partial charge in [-0.3, -0.25) is 0 Å². The topological polar surface area (TPSA) is 24.1 Å². The molecule has 1 rings (SSSR count). The molecule has 0 radical (unpaired) electrons. The van der Waals surface area contributed by atoms with E-state index in [2.05, 4.69) is 29.7 Å². The molecule has 0 spiro atoms. The van der Waals surface area contributed by atoms with Crippen molar-refractivity contribution < 1.29 is 0 Å². The molecule has 0 aromatic heterocycles. The molecular formula is C10H20N2. The summed E-state index contributed by atoms with van der Waals surface area (Å²) < 4.78 is 0. The Labute approximate surface area is 75.4 Å². The number of rotatable bonds is 4. The van der Waals surface area contributed by atoms with Crippen LogP contribution in [0, 0.1) is 0 Å². The van der Waals surface area contributed by atoms with Gasteiger partial charge in [0.2, 0.25) is 0 Å². The minimum absolute atomic E-state index is 0.712. The molecule has 0 amide bonds. The summed E-state index contributed by atoms with van der Waals surface area (Å²) in [5, 5.41) is 6.94. The van der Waals surface area contributed by atoms with Crippen molar-refractivity contribution in [2.24, 2.45) is 0 Å². The van der Waals surface area contributed by atoms with Crippen LogP contribution in [-0.4, -0.2) is 25.7 Å². The summed E-state index contributed by atoms with van der Waals surface area (Å²) in [5.74, 6) is 0. The van der Waals surface area contributed by atoms with Crippen LogP contribution in [0.5, 0.6) is 0 Å². The molecule has 0 saturated carbocycles. The van der Waals surface area contributed by atoms with Gasteiger partial charge in [0.25, 0.3) is 0 Å². The summed E-state index contributed by atoms with van der Waals surface area (Å²) in [6.45, 7) is 5.54. The van der Waals surface area contributed by atoms with Crippen molar-refractivity contribution in [1.29, 1.82) is 0 Å². The Morgan fingerprint density at radius 2 is 2.50 bits per heavy atom. The average molecular weight is 168 g/mol. The molecule has 0 aromatic rings. The predicted molar refractivity (Wildman–Crippen MR) is 53.3 cm³/mol. The van der Waals surface area contributed by atoms with Gasteiger partial charge in [-0.05, 0) is 39.3 Å². The average Bonchev–Trinajstić information content (AvgIpc) is 2.14. The lowest BCUT2D eigenvalue weighted by molar-refractivity contribution is 0.393. The lowest BCUT2D eigenvalue weighted by Crippen LogP contribution is -2.43. The normalized spacial score (nSPS) is 24.9. The van der Waals surface area contributed by atoms with Gasteiger partial charge in [-0.25, -0.2) is 0 Å². The molecule has 70 valence electrons. The molecule has 12 heavy (non-hydrogen) atoms. The van der Waals surface area contributed by atoms with Crippen molar-refractivity contribution in [2.45, 2.75) is 32.2 Å². The van der Waals surface area contributed by atoms with Crippen LogP contribution in [0.1, 0.15) is 26.2 Å². The molecule has 0 aromatic carbocycles. The molecule has 0 bridgehead atoms. The van der Waals surface area contributed by atoms with Crippen LogP contribution in [0.15, 0.2) is 12.2 Å². The van der Waals surface area contributed by atoms with Gasteiger partial charge in [0.05, 0.1) is 0 Å². The number of allylic oxidation sites excluding steroid dienone is 1. The monoisotopic (exact) mass is 168 g/mol. The summed E-state index contributed by atoms with van der Waals surface area (Å²) in [4.78, 5) is 0. The van der Waals surface area contributed by atoms with Gasteiger partial charge in [0, 0.05) is 12.6 Å². The molecule has 1 unspecified atom stereocenters. The first-order chi connectivity index (χ1) is 5.93. The molecule has 1 saturated heterocycles. The lowest BCUT2D eigenvalue weighted by atomic mass is 10.1. The molecular weight excluding hydrogens is 148 g/mol. The maximum atomic E-state index is 3.54. The Balaban J connectivity index is 1.97. The number of hydrogen-bond acceptors (Lipinski definition) is 2. The highest BCUT2D eigenvalue weighted by molar-refractivity contribution is 4.80. The van der Waals surface area contributed by atoms with Gasteiger partial charge < -0.3 is 10.6 Å². The van der Waals surface area contributed by atoms with Crippen molar-refractivity contribution >= 4 is 0 Å². The van der Waals surface area contributed by atoms with Crippen LogP contribution in [0.3, 0.4) is 0 Å². The fourth-order valence-corrected chi connectivity index (χ4v) is 1.56. The van der Waals surface area contributed by atoms with E-state index in [0.717, 1.165) is 19.5 Å². The zero-order valence-electron chi connectivity index (χ0n) is 7.97. The number of piperidine rings is 1. The SMILES string of the molecule is C/C=C/CCNC1CCCNC1. The van der Waals surface area contributed by atoms with E-state index in [1.54, 1.807) is 0 Å². The van der Waals surface area contributed by atoms with Crippen molar-refractivity contribution in [2.75, 3.05) is 19.6 Å². The smallest absolute Gasteiger partial charge is 0.0193 e. The summed E-state index contributed by atoms with van der Waals surface area (Å²) in [5.41, 5.74) is 0. The third-order valence-electron chi connectivity index (χ3n) is 2.28. The largest absolute Gasteiger partial charge is 0.315 e. The second kappa shape index (κ2) is 6.21. The Bertz CT molecular complexity index is 126. The van der Waals surface area contributed by atoms with Gasteiger partial charge >= 0.3 is 0 Å². The molecule has 0 aliphatic carbocycles. The zero-order chi connectivity index (χ0) is 8.65. The highest BCUT2D eigenvalue weighted by atomic mass is 15.0. The van der Waals surface area contributed by atoms with Crippen LogP contribution in [0.4, 0.5) is 0 Å². The molecule has 1 aliphatic rings. The lowest BCUT2D eigenvalue weighted by Gasteiger charge is -2.23. The van der Waals surface area contributed by atoms with E-state index in [9.17, 15) is 0 Å². The van der Waals surface area contributed by atoms with Crippen molar-refractivity contribution in [3.8, 4) is 0 Å². The summed E-state index contributed by atoms with van der Waals surface area (Å²) >= 11 is 0. The van der Waals surface area contributed by atoms with Crippen LogP contribution in [0.2, 0.25) is 0 Å².